The highest BCUT2D eigenvalue weighted by Gasteiger charge is 2.42. The first-order valence-electron chi connectivity index (χ1n) is 9.75. The molecule has 0 radical (unpaired) electrons. The summed E-state index contributed by atoms with van der Waals surface area (Å²) in [6, 6.07) is 9.50. The maximum absolute atomic E-state index is 12.7. The summed E-state index contributed by atoms with van der Waals surface area (Å²) in [6.45, 7) is 0.144. The highest BCUT2D eigenvalue weighted by atomic mass is 19.4. The summed E-state index contributed by atoms with van der Waals surface area (Å²) in [5.41, 5.74) is 5.29. The van der Waals surface area contributed by atoms with Gasteiger partial charge < -0.3 is 30.0 Å². The Bertz CT molecular complexity index is 1030. The molecule has 8 nitrogen and oxygen atoms in total. The lowest BCUT2D eigenvalue weighted by Gasteiger charge is -2.14. The molecule has 2 rings (SSSR count). The molecule has 184 valence electrons. The van der Waals surface area contributed by atoms with E-state index in [1.165, 1.54) is 25.3 Å². The summed E-state index contributed by atoms with van der Waals surface area (Å²) in [5, 5.41) is 2.49. The van der Waals surface area contributed by atoms with Crippen molar-refractivity contribution in [1.29, 1.82) is 0 Å². The SMILES string of the molecule is COCCOc1cccc(NC(=O)c2ccc(OC/C(=C/F)CN)cc2OC(=O)C(F)(F)F)c1. The molecule has 1 amide bonds. The summed E-state index contributed by atoms with van der Waals surface area (Å²) in [5.74, 6) is -3.76. The third-order valence-electron chi connectivity index (χ3n) is 4.12. The Hall–Kier alpha value is -3.64. The van der Waals surface area contributed by atoms with Crippen molar-refractivity contribution in [3.8, 4) is 17.2 Å². The average Bonchev–Trinajstić information content (AvgIpc) is 2.79. The number of nitrogens with two attached hydrogens (primary N) is 1. The number of benzene rings is 2. The van der Waals surface area contributed by atoms with Crippen LogP contribution in [0.25, 0.3) is 0 Å². The Labute approximate surface area is 192 Å². The molecule has 0 aliphatic rings. The molecule has 0 unspecified atom stereocenters. The standard InChI is InChI=1S/C22H22F4N2O6/c1-31-7-8-32-16-4-2-3-15(9-16)28-20(29)18-6-5-17(33-13-14(11-23)12-27)10-19(18)34-21(30)22(24,25)26/h2-6,9-11H,7-8,12-13,27H2,1H3,(H,28,29)/b14-11+. The van der Waals surface area contributed by atoms with Gasteiger partial charge in [0, 0.05) is 37.0 Å². The number of ether oxygens (including phenoxy) is 4. The Morgan fingerprint density at radius 2 is 1.79 bits per heavy atom. The van der Waals surface area contributed by atoms with E-state index in [4.69, 9.17) is 19.9 Å². The normalized spacial score (nSPS) is 11.6. The van der Waals surface area contributed by atoms with Crippen molar-refractivity contribution in [1.82, 2.24) is 0 Å². The van der Waals surface area contributed by atoms with E-state index in [0.29, 0.717) is 12.4 Å². The highest BCUT2D eigenvalue weighted by Crippen LogP contribution is 2.29. The first kappa shape index (κ1) is 26.6. The number of amides is 1. The molecule has 0 atom stereocenters. The lowest BCUT2D eigenvalue weighted by atomic mass is 10.1. The Balaban J connectivity index is 2.26. The molecule has 0 saturated heterocycles. The predicted octanol–water partition coefficient (Wildman–Crippen LogP) is 3.62. The van der Waals surface area contributed by atoms with E-state index >= 15 is 0 Å². The van der Waals surface area contributed by atoms with Gasteiger partial charge in [0.15, 0.2) is 0 Å². The number of alkyl halides is 3. The van der Waals surface area contributed by atoms with Gasteiger partial charge in [-0.3, -0.25) is 4.79 Å². The van der Waals surface area contributed by atoms with Gasteiger partial charge in [-0.05, 0) is 24.3 Å². The van der Waals surface area contributed by atoms with E-state index in [1.54, 1.807) is 12.1 Å². The molecule has 0 aliphatic heterocycles. The van der Waals surface area contributed by atoms with Gasteiger partial charge in [0.2, 0.25) is 0 Å². The molecule has 0 spiro atoms. The van der Waals surface area contributed by atoms with Crippen molar-refractivity contribution in [2.24, 2.45) is 5.73 Å². The molecule has 3 N–H and O–H groups in total. The number of hydrogen-bond donors (Lipinski definition) is 2. The Kier molecular flexibility index (Phi) is 9.83. The van der Waals surface area contributed by atoms with Gasteiger partial charge in [-0.25, -0.2) is 9.18 Å². The van der Waals surface area contributed by atoms with Crippen molar-refractivity contribution < 1.29 is 46.1 Å². The molecular formula is C22H22F4N2O6. The van der Waals surface area contributed by atoms with Gasteiger partial charge >= 0.3 is 12.1 Å². The van der Waals surface area contributed by atoms with Crippen LogP contribution >= 0.6 is 0 Å². The minimum Gasteiger partial charge on any atom is -0.491 e. The zero-order valence-corrected chi connectivity index (χ0v) is 18.0. The fourth-order valence-corrected chi connectivity index (χ4v) is 2.44. The molecule has 0 aromatic heterocycles. The Morgan fingerprint density at radius 3 is 2.44 bits per heavy atom. The van der Waals surface area contributed by atoms with Crippen LogP contribution in [0.15, 0.2) is 54.4 Å². The molecule has 2 aromatic carbocycles. The van der Waals surface area contributed by atoms with E-state index in [-0.39, 0.29) is 48.7 Å². The Morgan fingerprint density at radius 1 is 1.06 bits per heavy atom. The van der Waals surface area contributed by atoms with Crippen molar-refractivity contribution >= 4 is 17.6 Å². The van der Waals surface area contributed by atoms with Crippen molar-refractivity contribution in [2.75, 3.05) is 38.8 Å². The fraction of sp³-hybridized carbons (Fsp3) is 0.273. The van der Waals surface area contributed by atoms with Gasteiger partial charge in [-0.2, -0.15) is 13.2 Å². The van der Waals surface area contributed by atoms with Gasteiger partial charge in [0.05, 0.1) is 18.5 Å². The van der Waals surface area contributed by atoms with Gasteiger partial charge in [0.25, 0.3) is 5.91 Å². The number of methoxy groups -OCH3 is 1. The first-order chi connectivity index (χ1) is 16.2. The quantitative estimate of drug-likeness (QED) is 0.216. The number of esters is 1. The van der Waals surface area contributed by atoms with E-state index in [1.807, 2.05) is 0 Å². The second-order valence-corrected chi connectivity index (χ2v) is 6.63. The third kappa shape index (κ3) is 8.05. The third-order valence-corrected chi connectivity index (χ3v) is 4.12. The average molecular weight is 486 g/mol. The molecule has 0 saturated carbocycles. The van der Waals surface area contributed by atoms with Crippen LogP contribution in [0.4, 0.5) is 23.2 Å². The summed E-state index contributed by atoms with van der Waals surface area (Å²) in [6.07, 6.45) is -5.07. The highest BCUT2D eigenvalue weighted by molar-refractivity contribution is 6.06. The number of halogens is 4. The molecule has 0 bridgehead atoms. The summed E-state index contributed by atoms with van der Waals surface area (Å²) >= 11 is 0. The second-order valence-electron chi connectivity index (χ2n) is 6.63. The lowest BCUT2D eigenvalue weighted by Crippen LogP contribution is -2.29. The number of anilines is 1. The van der Waals surface area contributed by atoms with E-state index in [0.717, 1.165) is 12.1 Å². The summed E-state index contributed by atoms with van der Waals surface area (Å²) in [4.78, 5) is 24.1. The van der Waals surface area contributed by atoms with Crippen molar-refractivity contribution in [3.63, 3.8) is 0 Å². The van der Waals surface area contributed by atoms with Gasteiger partial charge in [-0.15, -0.1) is 0 Å². The largest absolute Gasteiger partial charge is 0.491 e. The van der Waals surface area contributed by atoms with Crippen LogP contribution in [0.1, 0.15) is 10.4 Å². The van der Waals surface area contributed by atoms with Gasteiger partial charge in [-0.1, -0.05) is 6.07 Å². The van der Waals surface area contributed by atoms with Crippen LogP contribution in [-0.4, -0.2) is 51.5 Å². The zero-order valence-electron chi connectivity index (χ0n) is 18.0. The summed E-state index contributed by atoms with van der Waals surface area (Å²) in [7, 11) is 1.51. The smallest absolute Gasteiger partial charge is 0.491 e. The molecule has 0 heterocycles. The maximum Gasteiger partial charge on any atom is 0.491 e. The van der Waals surface area contributed by atoms with Gasteiger partial charge in [0.1, 0.15) is 30.5 Å². The van der Waals surface area contributed by atoms with Crippen LogP contribution < -0.4 is 25.3 Å². The topological polar surface area (TPSA) is 109 Å². The second kappa shape index (κ2) is 12.6. The molecule has 0 fully saturated rings. The number of rotatable bonds is 11. The van der Waals surface area contributed by atoms with Crippen LogP contribution in [0.5, 0.6) is 17.2 Å². The van der Waals surface area contributed by atoms with Crippen LogP contribution in [0, 0.1) is 0 Å². The van der Waals surface area contributed by atoms with Crippen LogP contribution in [0.2, 0.25) is 0 Å². The van der Waals surface area contributed by atoms with E-state index in [2.05, 4.69) is 10.1 Å². The zero-order chi connectivity index (χ0) is 25.1. The van der Waals surface area contributed by atoms with E-state index < -0.39 is 23.8 Å². The molecule has 34 heavy (non-hydrogen) atoms. The first-order valence-corrected chi connectivity index (χ1v) is 9.75. The lowest BCUT2D eigenvalue weighted by molar-refractivity contribution is -0.189. The summed E-state index contributed by atoms with van der Waals surface area (Å²) < 4.78 is 70.9. The van der Waals surface area contributed by atoms with Crippen molar-refractivity contribution in [2.45, 2.75) is 6.18 Å². The number of hydrogen-bond acceptors (Lipinski definition) is 7. The molecular weight excluding hydrogens is 464 g/mol. The number of carbonyl (C=O) groups is 2. The molecule has 12 heteroatoms. The maximum atomic E-state index is 12.7. The monoisotopic (exact) mass is 486 g/mol. The molecule has 0 aliphatic carbocycles. The van der Waals surface area contributed by atoms with Crippen LogP contribution in [-0.2, 0) is 9.53 Å². The fourth-order valence-electron chi connectivity index (χ4n) is 2.44. The molecule has 2 aromatic rings. The number of carbonyl (C=O) groups excluding carboxylic acids is 2. The minimum atomic E-state index is -5.30. The number of nitrogens with one attached hydrogen (secondary N) is 1. The van der Waals surface area contributed by atoms with E-state index in [9.17, 15) is 27.2 Å². The minimum absolute atomic E-state index is 0.0725. The van der Waals surface area contributed by atoms with Crippen LogP contribution in [0.3, 0.4) is 0 Å². The predicted molar refractivity (Wildman–Crippen MR) is 114 cm³/mol. The van der Waals surface area contributed by atoms with Crippen molar-refractivity contribution in [3.05, 3.63) is 59.9 Å².